The van der Waals surface area contributed by atoms with E-state index < -0.39 is 18.0 Å². The number of pyridine rings is 1. The van der Waals surface area contributed by atoms with E-state index in [-0.39, 0.29) is 24.7 Å². The summed E-state index contributed by atoms with van der Waals surface area (Å²) >= 11 is 0. The van der Waals surface area contributed by atoms with Crippen molar-refractivity contribution in [1.82, 2.24) is 34.8 Å². The maximum Gasteiger partial charge on any atom is 0.414 e. The van der Waals surface area contributed by atoms with Gasteiger partial charge >= 0.3 is 6.09 Å². The number of carbonyl (C=O) groups is 2. The van der Waals surface area contributed by atoms with Crippen LogP contribution in [0, 0.1) is 5.82 Å². The number of imidazole rings is 1. The molecule has 0 aliphatic carbocycles. The van der Waals surface area contributed by atoms with Gasteiger partial charge in [0, 0.05) is 31.1 Å². The number of aromatic nitrogens is 6. The summed E-state index contributed by atoms with van der Waals surface area (Å²) in [5.41, 5.74) is 2.85. The number of hydrogen-bond acceptors (Lipinski definition) is 7. The molecular weight excluding hydrogens is 455 g/mol. The highest BCUT2D eigenvalue weighted by molar-refractivity contribution is 5.90. The lowest BCUT2D eigenvalue weighted by Crippen LogP contribution is -2.33. The maximum absolute atomic E-state index is 14.9. The molecule has 0 bridgehead atoms. The summed E-state index contributed by atoms with van der Waals surface area (Å²) < 4.78 is 23.4. The van der Waals surface area contributed by atoms with Gasteiger partial charge in [0.15, 0.2) is 5.82 Å². The summed E-state index contributed by atoms with van der Waals surface area (Å²) in [5.74, 6) is -0.789. The Kier molecular flexibility index (Phi) is 5.92. The minimum absolute atomic E-state index is 0.191. The van der Waals surface area contributed by atoms with Crippen molar-refractivity contribution in [1.29, 1.82) is 0 Å². The standard InChI is InChI=1S/C23H21FN8O3/c1-15(33)26-9-19-12-31(23(34)35-19)18-4-5-22(20(24)7-18)32-11-17(28-29-32)10-30-13-21(27-14-30)16-3-2-6-25-8-16/h2-8,11,13-14,19H,9-10,12H2,1H3,(H,26,33). The maximum atomic E-state index is 14.9. The number of nitrogens with zero attached hydrogens (tertiary/aromatic N) is 7. The van der Waals surface area contributed by atoms with Crippen LogP contribution in [0.4, 0.5) is 14.9 Å². The lowest BCUT2D eigenvalue weighted by molar-refractivity contribution is -0.119. The Labute approximate surface area is 199 Å². The minimum atomic E-state index is -0.596. The summed E-state index contributed by atoms with van der Waals surface area (Å²) in [5, 5.41) is 10.8. The molecule has 0 spiro atoms. The first-order chi connectivity index (χ1) is 17.0. The van der Waals surface area contributed by atoms with Crippen molar-refractivity contribution in [3.63, 3.8) is 0 Å². The Hall–Kier alpha value is -4.61. The van der Waals surface area contributed by atoms with Gasteiger partial charge in [-0.15, -0.1) is 5.10 Å². The summed E-state index contributed by atoms with van der Waals surface area (Å²) in [6, 6.07) is 8.14. The van der Waals surface area contributed by atoms with Gasteiger partial charge in [0.1, 0.15) is 17.5 Å². The van der Waals surface area contributed by atoms with Crippen molar-refractivity contribution >= 4 is 17.7 Å². The second kappa shape index (κ2) is 9.33. The molecule has 1 unspecified atom stereocenters. The van der Waals surface area contributed by atoms with E-state index in [9.17, 15) is 14.0 Å². The Morgan fingerprint density at radius 2 is 2.17 bits per heavy atom. The first-order valence-electron chi connectivity index (χ1n) is 10.8. The van der Waals surface area contributed by atoms with Crippen LogP contribution in [-0.2, 0) is 16.1 Å². The Bertz CT molecular complexity index is 1370. The van der Waals surface area contributed by atoms with E-state index in [2.05, 4.69) is 25.6 Å². The average molecular weight is 476 g/mol. The molecular formula is C23H21FN8O3. The third kappa shape index (κ3) is 4.86. The van der Waals surface area contributed by atoms with E-state index in [0.717, 1.165) is 11.3 Å². The normalized spacial score (nSPS) is 15.3. The van der Waals surface area contributed by atoms with Gasteiger partial charge in [0.25, 0.3) is 0 Å². The van der Waals surface area contributed by atoms with Crippen LogP contribution < -0.4 is 10.2 Å². The lowest BCUT2D eigenvalue weighted by atomic mass is 10.2. The van der Waals surface area contributed by atoms with Gasteiger partial charge in [-0.05, 0) is 30.3 Å². The van der Waals surface area contributed by atoms with Gasteiger partial charge < -0.3 is 14.6 Å². The lowest BCUT2D eigenvalue weighted by Gasteiger charge is -2.14. The number of carbonyl (C=O) groups excluding carboxylic acids is 2. The van der Waals surface area contributed by atoms with Gasteiger partial charge in [-0.2, -0.15) is 0 Å². The zero-order chi connectivity index (χ0) is 24.4. The SMILES string of the molecule is CC(=O)NCC1CN(c2ccc(-n3cc(Cn4cnc(-c5cccnc5)c4)nn3)c(F)c2)C(=O)O1. The van der Waals surface area contributed by atoms with Crippen molar-refractivity contribution in [2.24, 2.45) is 0 Å². The fourth-order valence-corrected chi connectivity index (χ4v) is 3.73. The summed E-state index contributed by atoms with van der Waals surface area (Å²) in [7, 11) is 0. The molecule has 2 amide bonds. The molecule has 35 heavy (non-hydrogen) atoms. The molecule has 3 aromatic heterocycles. The van der Waals surface area contributed by atoms with Crippen LogP contribution in [0.3, 0.4) is 0 Å². The quantitative estimate of drug-likeness (QED) is 0.434. The van der Waals surface area contributed by atoms with Gasteiger partial charge in [0.05, 0.1) is 43.5 Å². The van der Waals surface area contributed by atoms with E-state index in [1.165, 1.54) is 28.6 Å². The largest absolute Gasteiger partial charge is 0.442 e. The number of nitrogens with one attached hydrogen (secondary N) is 1. The zero-order valence-electron chi connectivity index (χ0n) is 18.7. The highest BCUT2D eigenvalue weighted by atomic mass is 19.1. The van der Waals surface area contributed by atoms with Crippen LogP contribution >= 0.6 is 0 Å². The van der Waals surface area contributed by atoms with Crippen LogP contribution in [0.15, 0.2) is 61.4 Å². The second-order valence-corrected chi connectivity index (χ2v) is 8.02. The molecule has 1 saturated heterocycles. The third-order valence-corrected chi connectivity index (χ3v) is 5.42. The number of benzene rings is 1. The molecule has 178 valence electrons. The molecule has 4 heterocycles. The summed E-state index contributed by atoms with van der Waals surface area (Å²) in [4.78, 5) is 33.1. The smallest absolute Gasteiger partial charge is 0.414 e. The molecule has 1 atom stereocenters. The Morgan fingerprint density at radius 3 is 2.94 bits per heavy atom. The first kappa shape index (κ1) is 22.2. The van der Waals surface area contributed by atoms with Gasteiger partial charge in [-0.1, -0.05) is 5.21 Å². The predicted molar refractivity (Wildman–Crippen MR) is 122 cm³/mol. The van der Waals surface area contributed by atoms with E-state index in [0.29, 0.717) is 17.9 Å². The molecule has 5 rings (SSSR count). The fraction of sp³-hybridized carbons (Fsp3) is 0.217. The van der Waals surface area contributed by atoms with E-state index in [1.807, 2.05) is 22.9 Å². The van der Waals surface area contributed by atoms with Crippen molar-refractivity contribution in [2.45, 2.75) is 19.6 Å². The number of amides is 2. The summed E-state index contributed by atoms with van der Waals surface area (Å²) in [6.07, 6.45) is 7.53. The van der Waals surface area contributed by atoms with E-state index in [1.54, 1.807) is 31.0 Å². The van der Waals surface area contributed by atoms with Crippen LogP contribution in [0.5, 0.6) is 0 Å². The van der Waals surface area contributed by atoms with Gasteiger partial charge in [-0.25, -0.2) is 18.9 Å². The van der Waals surface area contributed by atoms with Crippen LogP contribution in [0.1, 0.15) is 12.6 Å². The molecule has 1 aliphatic rings. The number of hydrogen-bond donors (Lipinski definition) is 1. The summed E-state index contributed by atoms with van der Waals surface area (Å²) in [6.45, 7) is 2.19. The Balaban J connectivity index is 1.27. The molecule has 12 heteroatoms. The molecule has 1 fully saturated rings. The molecule has 4 aromatic rings. The van der Waals surface area contributed by atoms with Crippen molar-refractivity contribution in [3.8, 4) is 16.9 Å². The Morgan fingerprint density at radius 1 is 1.29 bits per heavy atom. The second-order valence-electron chi connectivity index (χ2n) is 8.02. The van der Waals surface area contributed by atoms with Gasteiger partial charge in [0.2, 0.25) is 5.91 Å². The minimum Gasteiger partial charge on any atom is -0.442 e. The number of cyclic esters (lactones) is 1. The van der Waals surface area contributed by atoms with Crippen molar-refractivity contribution in [3.05, 3.63) is 73.0 Å². The zero-order valence-corrected chi connectivity index (χ0v) is 18.7. The molecule has 1 aromatic carbocycles. The van der Waals surface area contributed by atoms with Crippen LogP contribution in [-0.4, -0.2) is 60.7 Å². The number of anilines is 1. The first-order valence-corrected chi connectivity index (χ1v) is 10.8. The topological polar surface area (TPSA) is 120 Å². The van der Waals surface area contributed by atoms with Crippen molar-refractivity contribution < 1.29 is 18.7 Å². The monoisotopic (exact) mass is 476 g/mol. The molecule has 1 N–H and O–H groups in total. The average Bonchev–Trinajstić information content (AvgIpc) is 3.59. The van der Waals surface area contributed by atoms with E-state index >= 15 is 0 Å². The van der Waals surface area contributed by atoms with Crippen LogP contribution in [0.2, 0.25) is 0 Å². The molecule has 11 nitrogen and oxygen atoms in total. The number of halogens is 1. The van der Waals surface area contributed by atoms with Crippen LogP contribution in [0.25, 0.3) is 16.9 Å². The highest BCUT2D eigenvalue weighted by Gasteiger charge is 2.32. The third-order valence-electron chi connectivity index (χ3n) is 5.42. The molecule has 0 saturated carbocycles. The van der Waals surface area contributed by atoms with Gasteiger partial charge in [-0.3, -0.25) is 14.7 Å². The highest BCUT2D eigenvalue weighted by Crippen LogP contribution is 2.25. The molecule has 1 aliphatic heterocycles. The van der Waals surface area contributed by atoms with Crippen molar-refractivity contribution in [2.75, 3.05) is 18.0 Å². The molecule has 0 radical (unpaired) electrons. The number of ether oxygens (including phenoxy) is 1. The number of rotatable bonds is 7. The fourth-order valence-electron chi connectivity index (χ4n) is 3.73. The van der Waals surface area contributed by atoms with E-state index in [4.69, 9.17) is 4.74 Å². The predicted octanol–water partition coefficient (Wildman–Crippen LogP) is 2.17.